The highest BCUT2D eigenvalue weighted by Gasteiger charge is 2.27. The lowest BCUT2D eigenvalue weighted by Gasteiger charge is -2.25. The van der Waals surface area contributed by atoms with E-state index >= 15 is 0 Å². The van der Waals surface area contributed by atoms with Gasteiger partial charge in [-0.3, -0.25) is 14.4 Å². The zero-order chi connectivity index (χ0) is 25.0. The Morgan fingerprint density at radius 1 is 0.909 bits per heavy atom. The van der Waals surface area contributed by atoms with Gasteiger partial charge < -0.3 is 20.7 Å². The molecule has 8 heteroatoms. The third-order valence-electron chi connectivity index (χ3n) is 4.83. The molecule has 0 fully saturated rings. The predicted molar refractivity (Wildman–Crippen MR) is 127 cm³/mol. The van der Waals surface area contributed by atoms with E-state index in [0.29, 0.717) is 12.0 Å². The molecule has 0 heterocycles. The van der Waals surface area contributed by atoms with Crippen LogP contribution in [0.15, 0.2) is 42.5 Å². The molecule has 0 unspecified atom stereocenters. The minimum absolute atomic E-state index is 0.186. The van der Waals surface area contributed by atoms with Gasteiger partial charge >= 0.3 is 5.97 Å². The first-order chi connectivity index (χ1) is 15.5. The predicted octanol–water partition coefficient (Wildman–Crippen LogP) is 2.60. The van der Waals surface area contributed by atoms with Crippen molar-refractivity contribution in [1.82, 2.24) is 16.0 Å². The van der Waals surface area contributed by atoms with Crippen LogP contribution in [0, 0.1) is 11.8 Å². The summed E-state index contributed by atoms with van der Waals surface area (Å²) in [5.74, 6) is -1.59. The molecule has 3 atom stereocenters. The average Bonchev–Trinajstić information content (AvgIpc) is 2.75. The Morgan fingerprint density at radius 2 is 1.55 bits per heavy atom. The van der Waals surface area contributed by atoms with Gasteiger partial charge in [0, 0.05) is 17.7 Å². The summed E-state index contributed by atoms with van der Waals surface area (Å²) in [5.41, 5.74) is 0.451. The first-order valence-corrected chi connectivity index (χ1v) is 11.4. The van der Waals surface area contributed by atoms with Crippen molar-refractivity contribution in [3.63, 3.8) is 0 Å². The second-order valence-corrected chi connectivity index (χ2v) is 8.65. The van der Waals surface area contributed by atoms with Crippen molar-refractivity contribution in [2.24, 2.45) is 11.8 Å². The van der Waals surface area contributed by atoms with E-state index in [-0.39, 0.29) is 36.3 Å². The van der Waals surface area contributed by atoms with Gasteiger partial charge in [-0.15, -0.1) is 0 Å². The highest BCUT2D eigenvalue weighted by Crippen LogP contribution is 2.08. The molecule has 8 nitrogen and oxygen atoms in total. The van der Waals surface area contributed by atoms with Crippen LogP contribution in [0.2, 0.25) is 0 Å². The van der Waals surface area contributed by atoms with E-state index in [1.165, 1.54) is 6.08 Å². The quantitative estimate of drug-likeness (QED) is 0.328. The fraction of sp³-hybridized carbons (Fsp3) is 0.520. The van der Waals surface area contributed by atoms with Gasteiger partial charge in [-0.1, -0.05) is 52.0 Å². The van der Waals surface area contributed by atoms with Crippen molar-refractivity contribution in [2.45, 2.75) is 66.1 Å². The van der Waals surface area contributed by atoms with Gasteiger partial charge in [0.05, 0.1) is 6.61 Å². The molecule has 0 aliphatic rings. The Balaban J connectivity index is 2.78. The van der Waals surface area contributed by atoms with Crippen LogP contribution < -0.4 is 16.0 Å². The molecule has 3 N–H and O–H groups in total. The van der Waals surface area contributed by atoms with E-state index in [2.05, 4.69) is 16.0 Å². The smallest absolute Gasteiger partial charge is 0.330 e. The molecule has 0 bridgehead atoms. The van der Waals surface area contributed by atoms with Gasteiger partial charge in [-0.2, -0.15) is 0 Å². The number of amides is 3. The summed E-state index contributed by atoms with van der Waals surface area (Å²) in [6.45, 7) is 11.2. The number of hydrogen-bond donors (Lipinski definition) is 3. The molecule has 1 aromatic rings. The Hall–Kier alpha value is -3.16. The van der Waals surface area contributed by atoms with Crippen LogP contribution in [0.4, 0.5) is 0 Å². The normalized spacial score (nSPS) is 13.9. The SMILES string of the molecule is CCOC(=O)/C=C/[C@H](CC(C)C)NC(=O)[C@H](C)NC(=O)[C@@H](NC(=O)c1ccccc1)C(C)C. The number of rotatable bonds is 12. The molecule has 0 aromatic heterocycles. The molecule has 1 rings (SSSR count). The average molecular weight is 460 g/mol. The molecule has 0 radical (unpaired) electrons. The van der Waals surface area contributed by atoms with Crippen LogP contribution in [-0.4, -0.2) is 48.4 Å². The Kier molecular flexibility index (Phi) is 11.9. The number of nitrogens with one attached hydrogen (secondary N) is 3. The molecular weight excluding hydrogens is 422 g/mol. The van der Waals surface area contributed by atoms with Crippen molar-refractivity contribution in [3.8, 4) is 0 Å². The summed E-state index contributed by atoms with van der Waals surface area (Å²) in [4.78, 5) is 49.7. The molecule has 1 aromatic carbocycles. The number of carbonyl (C=O) groups is 4. The molecule has 182 valence electrons. The number of hydrogen-bond acceptors (Lipinski definition) is 5. The Morgan fingerprint density at radius 3 is 2.09 bits per heavy atom. The summed E-state index contributed by atoms with van der Waals surface area (Å²) >= 11 is 0. The van der Waals surface area contributed by atoms with Gasteiger partial charge in [-0.25, -0.2) is 4.79 Å². The van der Waals surface area contributed by atoms with Gasteiger partial charge in [0.15, 0.2) is 0 Å². The Bertz CT molecular complexity index is 821. The molecule has 0 saturated carbocycles. The fourth-order valence-corrected chi connectivity index (χ4v) is 3.10. The number of ether oxygens (including phenoxy) is 1. The maximum absolute atomic E-state index is 12.8. The van der Waals surface area contributed by atoms with Crippen molar-refractivity contribution in [1.29, 1.82) is 0 Å². The first-order valence-electron chi connectivity index (χ1n) is 11.4. The zero-order valence-electron chi connectivity index (χ0n) is 20.4. The molecular formula is C25H37N3O5. The van der Waals surface area contributed by atoms with Crippen molar-refractivity contribution in [3.05, 3.63) is 48.0 Å². The minimum atomic E-state index is -0.835. The topological polar surface area (TPSA) is 114 Å². The highest BCUT2D eigenvalue weighted by atomic mass is 16.5. The van der Waals surface area contributed by atoms with Gasteiger partial charge in [0.25, 0.3) is 5.91 Å². The second-order valence-electron chi connectivity index (χ2n) is 8.65. The molecule has 33 heavy (non-hydrogen) atoms. The minimum Gasteiger partial charge on any atom is -0.463 e. The largest absolute Gasteiger partial charge is 0.463 e. The van der Waals surface area contributed by atoms with Crippen molar-refractivity contribution in [2.75, 3.05) is 6.61 Å². The Labute approximate surface area is 196 Å². The molecule has 0 aliphatic carbocycles. The third kappa shape index (κ3) is 10.3. The molecule has 3 amide bonds. The zero-order valence-corrected chi connectivity index (χ0v) is 20.4. The van der Waals surface area contributed by atoms with Crippen molar-refractivity contribution >= 4 is 23.7 Å². The lowest BCUT2D eigenvalue weighted by atomic mass is 10.0. The monoisotopic (exact) mass is 459 g/mol. The van der Waals surface area contributed by atoms with E-state index < -0.39 is 24.0 Å². The van der Waals surface area contributed by atoms with Crippen LogP contribution >= 0.6 is 0 Å². The summed E-state index contributed by atoms with van der Waals surface area (Å²) < 4.78 is 4.88. The number of carbonyl (C=O) groups excluding carboxylic acids is 4. The maximum atomic E-state index is 12.8. The number of esters is 1. The summed E-state index contributed by atoms with van der Waals surface area (Å²) in [6.07, 6.45) is 3.51. The summed E-state index contributed by atoms with van der Waals surface area (Å²) in [7, 11) is 0. The molecule has 0 aliphatic heterocycles. The van der Waals surface area contributed by atoms with Gasteiger partial charge in [0.1, 0.15) is 12.1 Å². The van der Waals surface area contributed by atoms with Crippen LogP contribution in [0.1, 0.15) is 58.3 Å². The van der Waals surface area contributed by atoms with Crippen LogP contribution in [-0.2, 0) is 19.1 Å². The van der Waals surface area contributed by atoms with Crippen LogP contribution in [0.5, 0.6) is 0 Å². The molecule has 0 saturated heterocycles. The van der Waals surface area contributed by atoms with E-state index in [4.69, 9.17) is 4.74 Å². The lowest BCUT2D eigenvalue weighted by molar-refractivity contribution is -0.137. The van der Waals surface area contributed by atoms with Crippen LogP contribution in [0.25, 0.3) is 0 Å². The first kappa shape index (κ1) is 27.9. The van der Waals surface area contributed by atoms with E-state index in [9.17, 15) is 19.2 Å². The van der Waals surface area contributed by atoms with E-state index in [1.54, 1.807) is 50.3 Å². The standard InChI is InChI=1S/C25H37N3O5/c1-7-33-21(29)14-13-20(15-16(2)3)27-23(30)18(6)26-25(32)22(17(4)5)28-24(31)19-11-9-8-10-12-19/h8-14,16-18,20,22H,7,15H2,1-6H3,(H,26,32)(H,27,30)(H,28,31)/b14-13+/t18-,20+,22-/m0/s1. The van der Waals surface area contributed by atoms with Crippen molar-refractivity contribution < 1.29 is 23.9 Å². The summed E-state index contributed by atoms with van der Waals surface area (Å²) in [6, 6.07) is 6.60. The number of benzene rings is 1. The van der Waals surface area contributed by atoms with Gasteiger partial charge in [0.2, 0.25) is 11.8 Å². The highest BCUT2D eigenvalue weighted by molar-refractivity contribution is 5.98. The van der Waals surface area contributed by atoms with E-state index in [0.717, 1.165) is 0 Å². The lowest BCUT2D eigenvalue weighted by Crippen LogP contribution is -2.55. The second kappa shape index (κ2) is 14.1. The maximum Gasteiger partial charge on any atom is 0.330 e. The van der Waals surface area contributed by atoms with E-state index in [1.807, 2.05) is 27.7 Å². The summed E-state index contributed by atoms with van der Waals surface area (Å²) in [5, 5.41) is 8.27. The van der Waals surface area contributed by atoms with Crippen LogP contribution in [0.3, 0.4) is 0 Å². The third-order valence-corrected chi connectivity index (χ3v) is 4.83. The molecule has 0 spiro atoms. The fourth-order valence-electron chi connectivity index (χ4n) is 3.10. The van der Waals surface area contributed by atoms with Gasteiger partial charge in [-0.05, 0) is 44.2 Å².